The average Bonchev–Trinajstić information content (AvgIpc) is 2.53. The molecule has 0 fully saturated rings. The predicted octanol–water partition coefficient (Wildman–Crippen LogP) is 1.58. The van der Waals surface area contributed by atoms with Crippen LogP contribution in [0.3, 0.4) is 0 Å². The molecule has 1 aromatic carbocycles. The summed E-state index contributed by atoms with van der Waals surface area (Å²) >= 11 is 0. The van der Waals surface area contributed by atoms with Gasteiger partial charge in [-0.2, -0.15) is 0 Å². The minimum absolute atomic E-state index is 0.0200. The topological polar surface area (TPSA) is 149 Å². The van der Waals surface area contributed by atoms with Gasteiger partial charge in [-0.3, -0.25) is 9.59 Å². The van der Waals surface area contributed by atoms with Gasteiger partial charge in [-0.25, -0.2) is 9.59 Å². The van der Waals surface area contributed by atoms with Gasteiger partial charge >= 0.3 is 23.9 Å². The molecule has 1 aliphatic carbocycles. The van der Waals surface area contributed by atoms with Crippen molar-refractivity contribution in [1.82, 2.24) is 0 Å². The van der Waals surface area contributed by atoms with Gasteiger partial charge in [0.2, 0.25) is 0 Å². The highest BCUT2D eigenvalue weighted by atomic mass is 16.4. The molecule has 0 saturated heterocycles. The number of carbonyl (C=O) groups is 4. The molecule has 0 bridgehead atoms. The Hall–Kier alpha value is -3.42. The van der Waals surface area contributed by atoms with Crippen molar-refractivity contribution in [2.75, 3.05) is 0 Å². The molecule has 0 heterocycles. The third-order valence-corrected chi connectivity index (χ3v) is 3.80. The van der Waals surface area contributed by atoms with Gasteiger partial charge < -0.3 is 20.4 Å². The molecule has 1 aromatic rings. The first kappa shape index (κ1) is 16.9. The van der Waals surface area contributed by atoms with Crippen molar-refractivity contribution in [3.05, 3.63) is 53.1 Å². The van der Waals surface area contributed by atoms with E-state index in [1.54, 1.807) is 0 Å². The first-order chi connectivity index (χ1) is 11.2. The summed E-state index contributed by atoms with van der Waals surface area (Å²) in [6, 6.07) is 3.17. The largest absolute Gasteiger partial charge is 0.480 e. The van der Waals surface area contributed by atoms with E-state index in [4.69, 9.17) is 10.2 Å². The third kappa shape index (κ3) is 2.54. The van der Waals surface area contributed by atoms with E-state index >= 15 is 0 Å². The Morgan fingerprint density at radius 2 is 1.46 bits per heavy atom. The third-order valence-electron chi connectivity index (χ3n) is 3.80. The highest BCUT2D eigenvalue weighted by molar-refractivity contribution is 6.12. The van der Waals surface area contributed by atoms with Crippen LogP contribution in [0.5, 0.6) is 0 Å². The molecular weight excluding hydrogens is 320 g/mol. The summed E-state index contributed by atoms with van der Waals surface area (Å²) < 4.78 is 0. The van der Waals surface area contributed by atoms with E-state index in [0.29, 0.717) is 0 Å². The molecule has 0 atom stereocenters. The Kier molecular flexibility index (Phi) is 4.23. The second-order valence-electron chi connectivity index (χ2n) is 5.10. The van der Waals surface area contributed by atoms with Gasteiger partial charge in [0.05, 0.1) is 11.1 Å². The summed E-state index contributed by atoms with van der Waals surface area (Å²) in [5, 5.41) is 37.1. The fraction of sp³-hybridized carbons (Fsp3) is 0.125. The SMILES string of the molecule is O=C(O)c1ccc(C2=CC=CCC2(C(=O)O)C(=O)O)cc1C(=O)O. The van der Waals surface area contributed by atoms with Crippen molar-refractivity contribution < 1.29 is 39.6 Å². The average molecular weight is 332 g/mol. The van der Waals surface area contributed by atoms with Crippen LogP contribution in [-0.4, -0.2) is 44.3 Å². The second-order valence-corrected chi connectivity index (χ2v) is 5.10. The van der Waals surface area contributed by atoms with E-state index in [-0.39, 0.29) is 17.6 Å². The number of benzene rings is 1. The van der Waals surface area contributed by atoms with Crippen LogP contribution in [0.1, 0.15) is 32.7 Å². The van der Waals surface area contributed by atoms with E-state index in [2.05, 4.69) is 0 Å². The van der Waals surface area contributed by atoms with Crippen LogP contribution in [0.4, 0.5) is 0 Å². The number of rotatable bonds is 5. The molecule has 0 saturated carbocycles. The monoisotopic (exact) mass is 332 g/mol. The standard InChI is InChI=1S/C16H12O8/c17-12(18)9-5-4-8(7-10(9)13(19)20)11-3-1-2-6-16(11,14(21)22)15(23)24/h1-5,7H,6H2,(H,17,18)(H,19,20)(H,21,22)(H,23,24). The van der Waals surface area contributed by atoms with Crippen LogP contribution in [0.25, 0.3) is 5.57 Å². The number of carboxylic acids is 4. The second kappa shape index (κ2) is 5.99. The van der Waals surface area contributed by atoms with Crippen LogP contribution in [0, 0.1) is 5.41 Å². The lowest BCUT2D eigenvalue weighted by atomic mass is 9.71. The highest BCUT2D eigenvalue weighted by Crippen LogP contribution is 2.42. The van der Waals surface area contributed by atoms with Gasteiger partial charge in [-0.15, -0.1) is 0 Å². The molecule has 2 rings (SSSR count). The molecule has 124 valence electrons. The number of carboxylic acid groups (broad SMARTS) is 4. The molecular formula is C16H12O8. The molecule has 24 heavy (non-hydrogen) atoms. The van der Waals surface area contributed by atoms with E-state index < -0.39 is 40.4 Å². The van der Waals surface area contributed by atoms with E-state index in [1.807, 2.05) is 0 Å². The fourth-order valence-electron chi connectivity index (χ4n) is 2.58. The number of aliphatic carboxylic acids is 2. The highest BCUT2D eigenvalue weighted by Gasteiger charge is 2.50. The maximum absolute atomic E-state index is 11.6. The minimum Gasteiger partial charge on any atom is -0.480 e. The number of allylic oxidation sites excluding steroid dienone is 3. The van der Waals surface area contributed by atoms with Gasteiger partial charge in [-0.05, 0) is 29.7 Å². The summed E-state index contributed by atoms with van der Waals surface area (Å²) in [6.07, 6.45) is 3.81. The quantitative estimate of drug-likeness (QED) is 0.594. The van der Waals surface area contributed by atoms with E-state index in [9.17, 15) is 29.4 Å². The van der Waals surface area contributed by atoms with Gasteiger partial charge in [0.1, 0.15) is 0 Å². The lowest BCUT2D eigenvalue weighted by molar-refractivity contribution is -0.159. The van der Waals surface area contributed by atoms with E-state index in [1.165, 1.54) is 24.3 Å². The molecule has 0 spiro atoms. The fourth-order valence-corrected chi connectivity index (χ4v) is 2.58. The van der Waals surface area contributed by atoms with Crippen LogP contribution in [-0.2, 0) is 9.59 Å². The Bertz CT molecular complexity index is 801. The molecule has 0 unspecified atom stereocenters. The first-order valence-corrected chi connectivity index (χ1v) is 6.67. The molecule has 0 amide bonds. The van der Waals surface area contributed by atoms with Crippen molar-refractivity contribution >= 4 is 29.5 Å². The molecule has 1 aliphatic rings. The Labute approximate surface area is 135 Å². The van der Waals surface area contributed by atoms with Crippen molar-refractivity contribution in [3.63, 3.8) is 0 Å². The summed E-state index contributed by atoms with van der Waals surface area (Å²) in [5.74, 6) is -6.16. The van der Waals surface area contributed by atoms with Crippen molar-refractivity contribution in [2.24, 2.45) is 5.41 Å². The van der Waals surface area contributed by atoms with Gasteiger partial charge in [0.25, 0.3) is 0 Å². The van der Waals surface area contributed by atoms with Gasteiger partial charge in [-0.1, -0.05) is 24.3 Å². The summed E-state index contributed by atoms with van der Waals surface area (Å²) in [5.41, 5.74) is -3.40. The summed E-state index contributed by atoms with van der Waals surface area (Å²) in [4.78, 5) is 45.6. The smallest absolute Gasteiger partial charge is 0.336 e. The normalized spacial score (nSPS) is 15.4. The zero-order chi connectivity index (χ0) is 18.1. The van der Waals surface area contributed by atoms with Crippen LogP contribution < -0.4 is 0 Å². The number of hydrogen-bond acceptors (Lipinski definition) is 4. The molecule has 0 aromatic heterocycles. The number of hydrogen-bond donors (Lipinski definition) is 4. The summed E-state index contributed by atoms with van der Waals surface area (Å²) in [6.45, 7) is 0. The Morgan fingerprint density at radius 3 is 1.96 bits per heavy atom. The Balaban J connectivity index is 2.71. The lowest BCUT2D eigenvalue weighted by Gasteiger charge is -2.29. The van der Waals surface area contributed by atoms with E-state index in [0.717, 1.165) is 12.1 Å². The Morgan fingerprint density at radius 1 is 0.875 bits per heavy atom. The first-order valence-electron chi connectivity index (χ1n) is 6.67. The van der Waals surface area contributed by atoms with Crippen molar-refractivity contribution in [1.29, 1.82) is 0 Å². The lowest BCUT2D eigenvalue weighted by Crippen LogP contribution is -2.41. The molecule has 0 aliphatic heterocycles. The summed E-state index contributed by atoms with van der Waals surface area (Å²) in [7, 11) is 0. The molecule has 4 N–H and O–H groups in total. The minimum atomic E-state index is -2.27. The van der Waals surface area contributed by atoms with Crippen LogP contribution in [0.2, 0.25) is 0 Å². The molecule has 8 nitrogen and oxygen atoms in total. The van der Waals surface area contributed by atoms with Crippen LogP contribution >= 0.6 is 0 Å². The zero-order valence-electron chi connectivity index (χ0n) is 12.1. The maximum atomic E-state index is 11.6. The molecule has 0 radical (unpaired) electrons. The number of aromatic carboxylic acids is 2. The van der Waals surface area contributed by atoms with Crippen molar-refractivity contribution in [2.45, 2.75) is 6.42 Å². The maximum Gasteiger partial charge on any atom is 0.336 e. The van der Waals surface area contributed by atoms with Gasteiger partial charge in [0.15, 0.2) is 5.41 Å². The van der Waals surface area contributed by atoms with Gasteiger partial charge in [0, 0.05) is 0 Å². The van der Waals surface area contributed by atoms with Crippen molar-refractivity contribution in [3.8, 4) is 0 Å². The molecule has 8 heteroatoms. The zero-order valence-corrected chi connectivity index (χ0v) is 12.1. The predicted molar refractivity (Wildman–Crippen MR) is 79.8 cm³/mol. The van der Waals surface area contributed by atoms with Crippen LogP contribution in [0.15, 0.2) is 36.4 Å².